The fourth-order valence-corrected chi connectivity index (χ4v) is 2.02. The Morgan fingerprint density at radius 1 is 1.35 bits per heavy atom. The maximum absolute atomic E-state index is 12.0. The zero-order valence-electron chi connectivity index (χ0n) is 11.5. The molecule has 0 saturated heterocycles. The van der Waals surface area contributed by atoms with Crippen molar-refractivity contribution in [3.63, 3.8) is 0 Å². The minimum atomic E-state index is -0.485. The van der Waals surface area contributed by atoms with Crippen molar-refractivity contribution < 1.29 is 14.3 Å². The molecule has 20 heavy (non-hydrogen) atoms. The lowest BCUT2D eigenvalue weighted by Crippen LogP contribution is -2.31. The van der Waals surface area contributed by atoms with Crippen molar-refractivity contribution in [3.8, 4) is 11.1 Å². The van der Waals surface area contributed by atoms with Crippen LogP contribution >= 0.6 is 0 Å². The molecule has 1 aromatic carbocycles. The summed E-state index contributed by atoms with van der Waals surface area (Å²) >= 11 is 0. The third kappa shape index (κ3) is 3.71. The van der Waals surface area contributed by atoms with Crippen LogP contribution in [0.5, 0.6) is 0 Å². The highest BCUT2D eigenvalue weighted by molar-refractivity contribution is 5.95. The zero-order valence-corrected chi connectivity index (χ0v) is 11.5. The van der Waals surface area contributed by atoms with Gasteiger partial charge < -0.3 is 14.8 Å². The van der Waals surface area contributed by atoms with E-state index in [0.717, 1.165) is 17.5 Å². The number of hydrogen-bond acceptors (Lipinski definition) is 3. The second kappa shape index (κ2) is 6.91. The Bertz CT molecular complexity index is 549. The molecule has 1 unspecified atom stereocenters. The molecule has 0 bridgehead atoms. The van der Waals surface area contributed by atoms with Crippen LogP contribution < -0.4 is 5.32 Å². The molecular formula is C16H19NO3. The Balaban J connectivity index is 2.02. The average molecular weight is 273 g/mol. The van der Waals surface area contributed by atoms with E-state index >= 15 is 0 Å². The summed E-state index contributed by atoms with van der Waals surface area (Å²) in [6.45, 7) is 2.28. The number of carbonyl (C=O) groups is 1. The highest BCUT2D eigenvalue weighted by atomic mass is 16.3. The summed E-state index contributed by atoms with van der Waals surface area (Å²) in [7, 11) is 0. The Morgan fingerprint density at radius 2 is 2.20 bits per heavy atom. The molecule has 0 aliphatic rings. The Hall–Kier alpha value is -2.07. The molecule has 2 rings (SSSR count). The first-order valence-electron chi connectivity index (χ1n) is 6.79. The van der Waals surface area contributed by atoms with E-state index < -0.39 is 6.10 Å². The molecule has 1 atom stereocenters. The van der Waals surface area contributed by atoms with Gasteiger partial charge in [-0.05, 0) is 30.2 Å². The fourth-order valence-electron chi connectivity index (χ4n) is 2.02. The van der Waals surface area contributed by atoms with Crippen molar-refractivity contribution in [2.24, 2.45) is 0 Å². The van der Waals surface area contributed by atoms with Crippen molar-refractivity contribution in [1.29, 1.82) is 0 Å². The topological polar surface area (TPSA) is 62.5 Å². The van der Waals surface area contributed by atoms with Crippen LogP contribution in [0.15, 0.2) is 47.3 Å². The number of benzene rings is 1. The normalized spacial score (nSPS) is 12.1. The van der Waals surface area contributed by atoms with Crippen LogP contribution in [-0.4, -0.2) is 23.7 Å². The molecule has 1 aromatic heterocycles. The molecule has 0 aliphatic carbocycles. The predicted octanol–water partition coefficient (Wildman–Crippen LogP) is 2.84. The van der Waals surface area contributed by atoms with Crippen molar-refractivity contribution >= 4 is 5.91 Å². The number of amides is 1. The Kier molecular flexibility index (Phi) is 4.96. The first-order valence-corrected chi connectivity index (χ1v) is 6.79. The molecule has 4 heteroatoms. The molecule has 2 N–H and O–H groups in total. The summed E-state index contributed by atoms with van der Waals surface area (Å²) in [5.74, 6) is -0.175. The van der Waals surface area contributed by atoms with Crippen molar-refractivity contribution in [1.82, 2.24) is 5.32 Å². The maximum Gasteiger partial charge on any atom is 0.251 e. The second-order valence-electron chi connectivity index (χ2n) is 4.75. The number of nitrogens with one attached hydrogen (secondary N) is 1. The van der Waals surface area contributed by atoms with Gasteiger partial charge in [-0.1, -0.05) is 25.5 Å². The molecule has 2 aromatic rings. The van der Waals surface area contributed by atoms with Crippen LogP contribution in [0.3, 0.4) is 0 Å². The lowest BCUT2D eigenvalue weighted by Gasteiger charge is -2.11. The largest absolute Gasteiger partial charge is 0.472 e. The van der Waals surface area contributed by atoms with Gasteiger partial charge in [0.1, 0.15) is 0 Å². The number of carbonyl (C=O) groups excluding carboxylic acids is 1. The molecule has 0 spiro atoms. The van der Waals surface area contributed by atoms with E-state index in [-0.39, 0.29) is 12.5 Å². The Labute approximate surface area is 118 Å². The van der Waals surface area contributed by atoms with E-state index in [1.54, 1.807) is 18.6 Å². The highest BCUT2D eigenvalue weighted by Gasteiger charge is 2.09. The van der Waals surface area contributed by atoms with E-state index in [4.69, 9.17) is 4.42 Å². The van der Waals surface area contributed by atoms with E-state index in [1.807, 2.05) is 31.2 Å². The Morgan fingerprint density at radius 3 is 2.90 bits per heavy atom. The lowest BCUT2D eigenvalue weighted by atomic mass is 10.1. The van der Waals surface area contributed by atoms with Gasteiger partial charge in [0.15, 0.2) is 0 Å². The van der Waals surface area contributed by atoms with Gasteiger partial charge in [-0.15, -0.1) is 0 Å². The minimum absolute atomic E-state index is 0.175. The number of furan rings is 1. The predicted molar refractivity (Wildman–Crippen MR) is 77.4 cm³/mol. The van der Waals surface area contributed by atoms with E-state index in [1.165, 1.54) is 0 Å². The van der Waals surface area contributed by atoms with Gasteiger partial charge in [-0.25, -0.2) is 0 Å². The summed E-state index contributed by atoms with van der Waals surface area (Å²) < 4.78 is 5.04. The average Bonchev–Trinajstić information content (AvgIpc) is 2.99. The van der Waals surface area contributed by atoms with Gasteiger partial charge in [0.25, 0.3) is 5.91 Å². The zero-order chi connectivity index (χ0) is 14.4. The monoisotopic (exact) mass is 273 g/mol. The summed E-state index contributed by atoms with van der Waals surface area (Å²) in [6, 6.07) is 9.17. The summed E-state index contributed by atoms with van der Waals surface area (Å²) in [5, 5.41) is 12.4. The van der Waals surface area contributed by atoms with Gasteiger partial charge >= 0.3 is 0 Å². The standard InChI is InChI=1S/C16H19NO3/c1-2-4-15(18)10-17-16(19)13-6-3-5-12(9-13)14-7-8-20-11-14/h3,5-9,11,15,18H,2,4,10H2,1H3,(H,17,19). The quantitative estimate of drug-likeness (QED) is 0.850. The number of rotatable bonds is 6. The molecule has 0 saturated carbocycles. The first kappa shape index (κ1) is 14.3. The minimum Gasteiger partial charge on any atom is -0.472 e. The molecule has 0 fully saturated rings. The van der Waals surface area contributed by atoms with E-state index in [9.17, 15) is 9.90 Å². The summed E-state index contributed by atoms with van der Waals surface area (Å²) in [6.07, 6.45) is 4.34. The molecular weight excluding hydrogens is 254 g/mol. The third-order valence-corrected chi connectivity index (χ3v) is 3.10. The van der Waals surface area contributed by atoms with Gasteiger partial charge in [0, 0.05) is 17.7 Å². The maximum atomic E-state index is 12.0. The number of aliphatic hydroxyl groups excluding tert-OH is 1. The van der Waals surface area contributed by atoms with Crippen molar-refractivity contribution in [3.05, 3.63) is 48.4 Å². The number of hydrogen-bond donors (Lipinski definition) is 2. The van der Waals surface area contributed by atoms with Gasteiger partial charge in [0.05, 0.1) is 18.6 Å². The van der Waals surface area contributed by atoms with Gasteiger partial charge in [0.2, 0.25) is 0 Å². The van der Waals surface area contributed by atoms with Crippen molar-refractivity contribution in [2.75, 3.05) is 6.54 Å². The van der Waals surface area contributed by atoms with Crippen LogP contribution in [0.25, 0.3) is 11.1 Å². The second-order valence-corrected chi connectivity index (χ2v) is 4.75. The molecule has 0 radical (unpaired) electrons. The van der Waals surface area contributed by atoms with Crippen LogP contribution in [0.2, 0.25) is 0 Å². The molecule has 4 nitrogen and oxygen atoms in total. The lowest BCUT2D eigenvalue weighted by molar-refractivity contribution is 0.0910. The van der Waals surface area contributed by atoms with E-state index in [2.05, 4.69) is 5.32 Å². The molecule has 1 heterocycles. The van der Waals surface area contributed by atoms with Gasteiger partial charge in [-0.3, -0.25) is 4.79 Å². The molecule has 1 amide bonds. The summed E-state index contributed by atoms with van der Waals surface area (Å²) in [5.41, 5.74) is 2.44. The first-order chi connectivity index (χ1) is 9.70. The SMILES string of the molecule is CCCC(O)CNC(=O)c1cccc(-c2ccoc2)c1. The summed E-state index contributed by atoms with van der Waals surface area (Å²) in [4.78, 5) is 12.0. The van der Waals surface area contributed by atoms with Crippen LogP contribution in [0.1, 0.15) is 30.1 Å². The van der Waals surface area contributed by atoms with Crippen LogP contribution in [0, 0.1) is 0 Å². The van der Waals surface area contributed by atoms with Gasteiger partial charge in [-0.2, -0.15) is 0 Å². The van der Waals surface area contributed by atoms with Crippen LogP contribution in [0.4, 0.5) is 0 Å². The van der Waals surface area contributed by atoms with Crippen molar-refractivity contribution in [2.45, 2.75) is 25.9 Å². The smallest absolute Gasteiger partial charge is 0.251 e. The molecule has 0 aliphatic heterocycles. The highest BCUT2D eigenvalue weighted by Crippen LogP contribution is 2.20. The number of aliphatic hydroxyl groups is 1. The third-order valence-electron chi connectivity index (χ3n) is 3.10. The van der Waals surface area contributed by atoms with E-state index in [0.29, 0.717) is 12.0 Å². The van der Waals surface area contributed by atoms with Crippen LogP contribution in [-0.2, 0) is 0 Å². The molecule has 106 valence electrons. The fraction of sp³-hybridized carbons (Fsp3) is 0.312.